The number of alkyl halides is 3. The van der Waals surface area contributed by atoms with Crippen molar-refractivity contribution < 1.29 is 8.42 Å². The van der Waals surface area contributed by atoms with Gasteiger partial charge in [0.05, 0.1) is 0 Å². The third kappa shape index (κ3) is 2.44. The first-order chi connectivity index (χ1) is 4.19. The van der Waals surface area contributed by atoms with Gasteiger partial charge in [0.15, 0.2) is 0 Å². The van der Waals surface area contributed by atoms with Crippen LogP contribution in [-0.2, 0) is 10.0 Å². The van der Waals surface area contributed by atoms with Crippen LogP contribution in [0.3, 0.4) is 0 Å². The minimum atomic E-state index is -4.25. The summed E-state index contributed by atoms with van der Waals surface area (Å²) in [5, 5.41) is 0. The van der Waals surface area contributed by atoms with Crippen LogP contribution in [0.4, 0.5) is 0 Å². The van der Waals surface area contributed by atoms with E-state index in [1.807, 2.05) is 0 Å². The summed E-state index contributed by atoms with van der Waals surface area (Å²) in [6, 6.07) is 0. The first kappa shape index (κ1) is 11.4. The summed E-state index contributed by atoms with van der Waals surface area (Å²) in [5.74, 6) is 0. The van der Waals surface area contributed by atoms with Crippen molar-refractivity contribution in [3.8, 4) is 0 Å². The number of hydrogen-bond donors (Lipinski definition) is 0. The third-order valence-corrected chi connectivity index (χ3v) is 4.27. The fourth-order valence-corrected chi connectivity index (χ4v) is 2.11. The lowest BCUT2D eigenvalue weighted by Gasteiger charge is -2.12. The van der Waals surface area contributed by atoms with E-state index in [2.05, 4.69) is 0 Å². The predicted octanol–water partition coefficient (Wildman–Crippen LogP) is 2.25. The quantitative estimate of drug-likeness (QED) is 0.540. The second-order valence-corrected chi connectivity index (χ2v) is 7.25. The fourth-order valence-electron chi connectivity index (χ4n) is 0.0782. The zero-order valence-corrected chi connectivity index (χ0v) is 8.66. The zero-order valence-electron chi connectivity index (χ0n) is 4.06. The molecule has 9 heteroatoms. The molecule has 0 aliphatic carbocycles. The minimum Gasteiger partial charge on any atom is -0.205 e. The Morgan fingerprint density at radius 2 is 1.40 bits per heavy atom. The number of rotatable bonds is 1. The normalized spacial score (nSPS) is 14.2. The van der Waals surface area contributed by atoms with Crippen molar-refractivity contribution in [1.29, 1.82) is 0 Å². The van der Waals surface area contributed by atoms with Crippen LogP contribution >= 0.6 is 58.4 Å². The third-order valence-electron chi connectivity index (χ3n) is 0.474. The maximum Gasteiger partial charge on any atom is 0.309 e. The fraction of sp³-hybridized carbons (Fsp3) is 1.00. The monoisotopic (exact) mass is 265 g/mol. The van der Waals surface area contributed by atoms with E-state index in [0.717, 1.165) is 0 Å². The van der Waals surface area contributed by atoms with Crippen LogP contribution in [0.15, 0.2) is 0 Å². The van der Waals surface area contributed by atoms with E-state index in [0.29, 0.717) is 0 Å². The Bertz CT molecular complexity index is 202. The molecule has 0 heterocycles. The van der Waals surface area contributed by atoms with Crippen molar-refractivity contribution in [2.45, 2.75) is 3.12 Å². The van der Waals surface area contributed by atoms with Crippen molar-refractivity contribution >= 4 is 68.4 Å². The Kier molecular flexibility index (Phi) is 3.85. The second-order valence-electron chi connectivity index (χ2n) is 1.12. The number of sulfonamides is 1. The highest BCUT2D eigenvalue weighted by Crippen LogP contribution is 2.36. The van der Waals surface area contributed by atoms with Gasteiger partial charge in [0.25, 0.3) is 10.0 Å². The number of hydrogen-bond acceptors (Lipinski definition) is 2. The van der Waals surface area contributed by atoms with Crippen LogP contribution in [0.5, 0.6) is 0 Å². The van der Waals surface area contributed by atoms with Gasteiger partial charge in [-0.3, -0.25) is 0 Å². The summed E-state index contributed by atoms with van der Waals surface area (Å²) in [6.45, 7) is 0. The maximum absolute atomic E-state index is 10.6. The van der Waals surface area contributed by atoms with E-state index in [1.165, 1.54) is 0 Å². The first-order valence-electron chi connectivity index (χ1n) is 1.63. The summed E-state index contributed by atoms with van der Waals surface area (Å²) in [7, 11) is -4.25. The van der Waals surface area contributed by atoms with E-state index in [1.54, 1.807) is 0 Å². The van der Waals surface area contributed by atoms with Crippen LogP contribution in [0.1, 0.15) is 0 Å². The van der Waals surface area contributed by atoms with Gasteiger partial charge in [0.1, 0.15) is 0 Å². The highest BCUT2D eigenvalue weighted by atomic mass is 35.6. The zero-order chi connectivity index (χ0) is 8.58. The molecule has 0 amide bonds. The molecular weight excluding hydrogens is 267 g/mol. The van der Waals surface area contributed by atoms with Gasteiger partial charge in [-0.2, -0.15) is 0 Å². The molecule has 0 saturated heterocycles. The lowest BCUT2D eigenvalue weighted by Crippen LogP contribution is -2.26. The molecule has 0 bridgehead atoms. The van der Waals surface area contributed by atoms with Crippen molar-refractivity contribution in [2.75, 3.05) is 0 Å². The van der Waals surface area contributed by atoms with Gasteiger partial charge in [-0.25, -0.2) is 8.42 Å². The summed E-state index contributed by atoms with van der Waals surface area (Å²) < 4.78 is 18.5. The van der Waals surface area contributed by atoms with E-state index in [4.69, 9.17) is 58.4 Å². The van der Waals surface area contributed by atoms with E-state index < -0.39 is 13.1 Å². The Morgan fingerprint density at radius 3 is 1.40 bits per heavy atom. The molecule has 0 saturated carbocycles. The van der Waals surface area contributed by atoms with E-state index in [-0.39, 0.29) is 3.34 Å². The molecule has 0 radical (unpaired) electrons. The summed E-state index contributed by atoms with van der Waals surface area (Å²) in [5.41, 5.74) is 0. The molecule has 0 spiro atoms. The molecule has 0 rings (SSSR count). The highest BCUT2D eigenvalue weighted by Gasteiger charge is 2.42. The lowest BCUT2D eigenvalue weighted by atomic mass is 11.8. The maximum atomic E-state index is 10.6. The highest BCUT2D eigenvalue weighted by molar-refractivity contribution is 7.96. The second kappa shape index (κ2) is 3.39. The van der Waals surface area contributed by atoms with Crippen LogP contribution in [0.2, 0.25) is 0 Å². The molecule has 0 aromatic heterocycles. The molecule has 0 aliphatic rings. The standard InChI is InChI=1S/CCl5NO2S/c2-1(3,4)10(8,9)7(5)6. The molecule has 0 atom stereocenters. The molecule has 0 aromatic carbocycles. The Hall–Kier alpha value is 1.36. The van der Waals surface area contributed by atoms with Crippen molar-refractivity contribution in [3.05, 3.63) is 0 Å². The van der Waals surface area contributed by atoms with Gasteiger partial charge in [-0.1, -0.05) is 34.8 Å². The van der Waals surface area contributed by atoms with Gasteiger partial charge >= 0.3 is 3.12 Å². The van der Waals surface area contributed by atoms with E-state index >= 15 is 0 Å². The Morgan fingerprint density at radius 1 is 1.10 bits per heavy atom. The lowest BCUT2D eigenvalue weighted by molar-refractivity contribution is 0.580. The largest absolute Gasteiger partial charge is 0.309 e. The topological polar surface area (TPSA) is 37.4 Å². The molecule has 3 nitrogen and oxygen atoms in total. The molecule has 10 heavy (non-hydrogen) atoms. The van der Waals surface area contributed by atoms with Gasteiger partial charge in [-0.05, 0) is 3.34 Å². The molecule has 0 aromatic rings. The molecule has 0 N–H and O–H groups in total. The van der Waals surface area contributed by atoms with Crippen LogP contribution in [0.25, 0.3) is 0 Å². The molecule has 0 fully saturated rings. The van der Waals surface area contributed by atoms with Crippen LogP contribution in [-0.4, -0.2) is 14.9 Å². The van der Waals surface area contributed by atoms with Crippen LogP contribution in [0, 0.1) is 0 Å². The first-order valence-corrected chi connectivity index (χ1v) is 4.88. The predicted molar refractivity (Wildman–Crippen MR) is 42.8 cm³/mol. The summed E-state index contributed by atoms with van der Waals surface area (Å²) >= 11 is 24.5. The minimum absolute atomic E-state index is 0.208. The van der Waals surface area contributed by atoms with Gasteiger partial charge in [0.2, 0.25) is 0 Å². The SMILES string of the molecule is O=S(=O)(N(Cl)Cl)C(Cl)(Cl)Cl. The number of nitrogens with zero attached hydrogens (tertiary/aromatic N) is 1. The summed E-state index contributed by atoms with van der Waals surface area (Å²) in [6.07, 6.45) is 0. The molecule has 0 unspecified atom stereocenters. The smallest absolute Gasteiger partial charge is 0.205 e. The van der Waals surface area contributed by atoms with Crippen molar-refractivity contribution in [3.63, 3.8) is 0 Å². The number of halogens is 5. The van der Waals surface area contributed by atoms with Crippen molar-refractivity contribution in [2.24, 2.45) is 0 Å². The van der Waals surface area contributed by atoms with Crippen molar-refractivity contribution in [1.82, 2.24) is 3.34 Å². The Balaban J connectivity index is 4.79. The average Bonchev–Trinajstić information content (AvgIpc) is 1.62. The molecular formula is CCl5NO2S. The van der Waals surface area contributed by atoms with Gasteiger partial charge in [0, 0.05) is 23.6 Å². The molecule has 62 valence electrons. The average molecular weight is 267 g/mol. The van der Waals surface area contributed by atoms with E-state index in [9.17, 15) is 8.42 Å². The summed E-state index contributed by atoms with van der Waals surface area (Å²) in [4.78, 5) is 0. The van der Waals surface area contributed by atoms with Crippen LogP contribution < -0.4 is 0 Å². The van der Waals surface area contributed by atoms with Gasteiger partial charge in [-0.15, -0.1) is 0 Å². The van der Waals surface area contributed by atoms with Gasteiger partial charge < -0.3 is 0 Å². The Labute approximate surface area is 83.0 Å². The molecule has 0 aliphatic heterocycles.